The maximum Gasteiger partial charge on any atom is 0.229 e. The van der Waals surface area contributed by atoms with Crippen LogP contribution in [0.15, 0.2) is 48.5 Å². The van der Waals surface area contributed by atoms with Crippen molar-refractivity contribution >= 4 is 17.5 Å². The first-order valence-corrected chi connectivity index (χ1v) is 8.03. The molecule has 0 saturated carbocycles. The van der Waals surface area contributed by atoms with Crippen LogP contribution in [0, 0.1) is 11.7 Å². The van der Waals surface area contributed by atoms with Crippen molar-refractivity contribution in [1.82, 2.24) is 4.90 Å². The number of nitrogens with one attached hydrogen (secondary N) is 1. The Kier molecular flexibility index (Phi) is 4.97. The van der Waals surface area contributed by atoms with Gasteiger partial charge in [0, 0.05) is 31.8 Å². The Bertz CT molecular complexity index is 776. The van der Waals surface area contributed by atoms with Gasteiger partial charge in [0.25, 0.3) is 0 Å². The number of anilines is 1. The molecule has 2 amide bonds. The highest BCUT2D eigenvalue weighted by Crippen LogP contribution is 2.22. The van der Waals surface area contributed by atoms with Crippen LogP contribution >= 0.6 is 0 Å². The van der Waals surface area contributed by atoms with E-state index in [0.717, 1.165) is 5.56 Å². The Morgan fingerprint density at radius 3 is 2.72 bits per heavy atom. The second kappa shape index (κ2) is 7.34. The molecule has 1 saturated heterocycles. The predicted molar refractivity (Wildman–Crippen MR) is 91.5 cm³/mol. The lowest BCUT2D eigenvalue weighted by Gasteiger charge is -2.12. The van der Waals surface area contributed by atoms with Crippen molar-refractivity contribution in [2.75, 3.05) is 18.9 Å². The van der Waals surface area contributed by atoms with Crippen LogP contribution in [-0.4, -0.2) is 30.3 Å². The highest BCUT2D eigenvalue weighted by molar-refractivity contribution is 5.97. The first kappa shape index (κ1) is 17.0. The average molecular weight is 342 g/mol. The van der Waals surface area contributed by atoms with Gasteiger partial charge in [0.15, 0.2) is 0 Å². The SMILES string of the molecule is CN1C[C@@H](C(=O)Nc2cccc(OCc3ccc(F)cc3)c2)CC1=O. The van der Waals surface area contributed by atoms with Crippen molar-refractivity contribution < 1.29 is 18.7 Å². The van der Waals surface area contributed by atoms with E-state index >= 15 is 0 Å². The minimum atomic E-state index is -0.332. The topological polar surface area (TPSA) is 58.6 Å². The molecule has 0 aromatic heterocycles. The van der Waals surface area contributed by atoms with Gasteiger partial charge in [-0.25, -0.2) is 4.39 Å². The molecule has 2 aromatic carbocycles. The Balaban J connectivity index is 1.58. The second-order valence-corrected chi connectivity index (χ2v) is 6.11. The van der Waals surface area contributed by atoms with Crippen LogP contribution < -0.4 is 10.1 Å². The number of amides is 2. The number of carbonyl (C=O) groups is 2. The number of benzene rings is 2. The van der Waals surface area contributed by atoms with Crippen LogP contribution in [0.2, 0.25) is 0 Å². The van der Waals surface area contributed by atoms with Gasteiger partial charge in [0.1, 0.15) is 18.2 Å². The smallest absolute Gasteiger partial charge is 0.229 e. The van der Waals surface area contributed by atoms with E-state index in [1.807, 2.05) is 0 Å². The van der Waals surface area contributed by atoms with Crippen LogP contribution in [0.25, 0.3) is 0 Å². The summed E-state index contributed by atoms with van der Waals surface area (Å²) in [6, 6.07) is 13.1. The van der Waals surface area contributed by atoms with E-state index in [-0.39, 0.29) is 30.0 Å². The summed E-state index contributed by atoms with van der Waals surface area (Å²) in [6.07, 6.45) is 0.239. The molecule has 25 heavy (non-hydrogen) atoms. The maximum absolute atomic E-state index is 12.9. The van der Waals surface area contributed by atoms with Gasteiger partial charge in [-0.15, -0.1) is 0 Å². The van der Waals surface area contributed by atoms with Crippen LogP contribution in [0.3, 0.4) is 0 Å². The van der Waals surface area contributed by atoms with Gasteiger partial charge in [-0.3, -0.25) is 9.59 Å². The van der Waals surface area contributed by atoms with Crippen molar-refractivity contribution in [3.05, 3.63) is 59.9 Å². The van der Waals surface area contributed by atoms with Gasteiger partial charge in [-0.2, -0.15) is 0 Å². The van der Waals surface area contributed by atoms with Crippen molar-refractivity contribution in [3.63, 3.8) is 0 Å². The Morgan fingerprint density at radius 2 is 2.04 bits per heavy atom. The molecule has 1 fully saturated rings. The predicted octanol–water partition coefficient (Wildman–Crippen LogP) is 2.82. The molecule has 5 nitrogen and oxygen atoms in total. The number of likely N-dealkylation sites (tertiary alicyclic amines) is 1. The zero-order valence-electron chi connectivity index (χ0n) is 13.9. The molecule has 0 spiro atoms. The third-order valence-electron chi connectivity index (χ3n) is 4.13. The third kappa shape index (κ3) is 4.35. The Morgan fingerprint density at radius 1 is 1.28 bits per heavy atom. The average Bonchev–Trinajstić information content (AvgIpc) is 2.94. The molecule has 0 radical (unpaired) electrons. The summed E-state index contributed by atoms with van der Waals surface area (Å²) in [7, 11) is 1.69. The normalized spacial score (nSPS) is 16.8. The minimum absolute atomic E-state index is 0.0171. The summed E-state index contributed by atoms with van der Waals surface area (Å²) in [5, 5.41) is 2.82. The van der Waals surface area contributed by atoms with E-state index < -0.39 is 0 Å². The quantitative estimate of drug-likeness (QED) is 0.909. The molecule has 1 aliphatic heterocycles. The Labute approximate surface area is 145 Å². The van der Waals surface area contributed by atoms with Gasteiger partial charge in [-0.05, 0) is 29.8 Å². The van der Waals surface area contributed by atoms with E-state index in [9.17, 15) is 14.0 Å². The van der Waals surface area contributed by atoms with E-state index in [2.05, 4.69) is 5.32 Å². The lowest BCUT2D eigenvalue weighted by molar-refractivity contribution is -0.127. The van der Waals surface area contributed by atoms with E-state index in [1.54, 1.807) is 48.3 Å². The standard InChI is InChI=1S/C19H19FN2O3/c1-22-11-14(9-18(22)23)19(24)21-16-3-2-4-17(10-16)25-12-13-5-7-15(20)8-6-13/h2-8,10,14H,9,11-12H2,1H3,(H,21,24)/t14-/m0/s1. The molecule has 130 valence electrons. The largest absolute Gasteiger partial charge is 0.489 e. The van der Waals surface area contributed by atoms with Crippen molar-refractivity contribution in [3.8, 4) is 5.75 Å². The molecule has 6 heteroatoms. The Hall–Kier alpha value is -2.89. The molecule has 0 aliphatic carbocycles. The third-order valence-corrected chi connectivity index (χ3v) is 4.13. The fourth-order valence-electron chi connectivity index (χ4n) is 2.69. The zero-order valence-corrected chi connectivity index (χ0v) is 13.9. The maximum atomic E-state index is 12.9. The summed E-state index contributed by atoms with van der Waals surface area (Å²) < 4.78 is 18.6. The van der Waals surface area contributed by atoms with Crippen molar-refractivity contribution in [1.29, 1.82) is 0 Å². The summed E-state index contributed by atoms with van der Waals surface area (Å²) >= 11 is 0. The molecular formula is C19H19FN2O3. The zero-order chi connectivity index (χ0) is 17.8. The lowest BCUT2D eigenvalue weighted by atomic mass is 10.1. The van der Waals surface area contributed by atoms with Gasteiger partial charge in [-0.1, -0.05) is 18.2 Å². The van der Waals surface area contributed by atoms with Crippen molar-refractivity contribution in [2.45, 2.75) is 13.0 Å². The molecule has 1 N–H and O–H groups in total. The number of hydrogen-bond donors (Lipinski definition) is 1. The highest BCUT2D eigenvalue weighted by Gasteiger charge is 2.32. The molecule has 1 heterocycles. The fraction of sp³-hybridized carbons (Fsp3) is 0.263. The summed E-state index contributed by atoms with van der Waals surface area (Å²) in [4.78, 5) is 25.4. The highest BCUT2D eigenvalue weighted by atomic mass is 19.1. The number of ether oxygens (including phenoxy) is 1. The molecule has 1 atom stereocenters. The van der Waals surface area contributed by atoms with Gasteiger partial charge in [0.2, 0.25) is 11.8 Å². The summed E-state index contributed by atoms with van der Waals surface area (Å²) in [5.74, 6) is -0.211. The monoisotopic (exact) mass is 342 g/mol. The number of nitrogens with zero attached hydrogens (tertiary/aromatic N) is 1. The molecule has 1 aliphatic rings. The number of halogens is 1. The molecule has 3 rings (SSSR count). The molecule has 2 aromatic rings. The molecular weight excluding hydrogens is 323 g/mol. The first-order chi connectivity index (χ1) is 12.0. The fourth-order valence-corrected chi connectivity index (χ4v) is 2.69. The number of rotatable bonds is 5. The van der Waals surface area contributed by atoms with Gasteiger partial charge in [0.05, 0.1) is 5.92 Å². The second-order valence-electron chi connectivity index (χ2n) is 6.11. The van der Waals surface area contributed by atoms with Gasteiger partial charge < -0.3 is 15.0 Å². The van der Waals surface area contributed by atoms with Crippen LogP contribution in [-0.2, 0) is 16.2 Å². The number of carbonyl (C=O) groups excluding carboxylic acids is 2. The summed E-state index contributed by atoms with van der Waals surface area (Å²) in [6.45, 7) is 0.741. The molecule has 0 bridgehead atoms. The first-order valence-electron chi connectivity index (χ1n) is 8.03. The minimum Gasteiger partial charge on any atom is -0.489 e. The lowest BCUT2D eigenvalue weighted by Crippen LogP contribution is -2.25. The van der Waals surface area contributed by atoms with E-state index in [1.165, 1.54) is 12.1 Å². The van der Waals surface area contributed by atoms with E-state index in [0.29, 0.717) is 24.6 Å². The van der Waals surface area contributed by atoms with Crippen LogP contribution in [0.5, 0.6) is 5.75 Å². The van der Waals surface area contributed by atoms with Gasteiger partial charge >= 0.3 is 0 Å². The van der Waals surface area contributed by atoms with E-state index in [4.69, 9.17) is 4.74 Å². The van der Waals surface area contributed by atoms with Crippen LogP contribution in [0.1, 0.15) is 12.0 Å². The van der Waals surface area contributed by atoms with Crippen LogP contribution in [0.4, 0.5) is 10.1 Å². The number of hydrogen-bond acceptors (Lipinski definition) is 3. The molecule has 0 unspecified atom stereocenters. The van der Waals surface area contributed by atoms with Crippen molar-refractivity contribution in [2.24, 2.45) is 5.92 Å². The summed E-state index contributed by atoms with van der Waals surface area (Å²) in [5.41, 5.74) is 1.46.